The van der Waals surface area contributed by atoms with Crippen LogP contribution < -0.4 is 10.7 Å². The van der Waals surface area contributed by atoms with Crippen molar-refractivity contribution in [2.75, 3.05) is 0 Å². The predicted molar refractivity (Wildman–Crippen MR) is 107 cm³/mol. The lowest BCUT2D eigenvalue weighted by atomic mass is 9.73. The molecular weight excluding hydrogens is 436 g/mol. The van der Waals surface area contributed by atoms with Crippen molar-refractivity contribution < 1.29 is 28.2 Å². The third-order valence-electron chi connectivity index (χ3n) is 8.14. The number of nitrogens with one attached hydrogen (secondary N) is 1. The molecule has 5 aliphatic rings. The molecule has 1 aromatic carbocycles. The Balaban J connectivity index is 1.19. The van der Waals surface area contributed by atoms with E-state index in [0.717, 1.165) is 18.9 Å². The van der Waals surface area contributed by atoms with E-state index in [9.17, 15) is 28.3 Å². The van der Waals surface area contributed by atoms with Gasteiger partial charge in [0.05, 0.1) is 12.6 Å². The Morgan fingerprint density at radius 1 is 1.30 bits per heavy atom. The summed E-state index contributed by atoms with van der Waals surface area (Å²) in [6, 6.07) is 3.05. The van der Waals surface area contributed by atoms with Gasteiger partial charge in [0, 0.05) is 35.8 Å². The van der Waals surface area contributed by atoms with Crippen LogP contribution >= 0.6 is 0 Å². The van der Waals surface area contributed by atoms with Gasteiger partial charge >= 0.3 is 0 Å². The van der Waals surface area contributed by atoms with Gasteiger partial charge in [-0.05, 0) is 30.7 Å². The normalized spacial score (nSPS) is 34.2. The topological polar surface area (TPSA) is 101 Å². The van der Waals surface area contributed by atoms with Crippen molar-refractivity contribution >= 4 is 11.8 Å². The van der Waals surface area contributed by atoms with E-state index in [1.54, 1.807) is 4.90 Å². The van der Waals surface area contributed by atoms with Gasteiger partial charge in [-0.25, -0.2) is 8.78 Å². The summed E-state index contributed by atoms with van der Waals surface area (Å²) < 4.78 is 34.5. The van der Waals surface area contributed by atoms with Gasteiger partial charge in [-0.3, -0.25) is 14.4 Å². The molecule has 3 aliphatic carbocycles. The summed E-state index contributed by atoms with van der Waals surface area (Å²) in [5.74, 6) is -2.55. The lowest BCUT2D eigenvalue weighted by Crippen LogP contribution is -2.65. The highest BCUT2D eigenvalue weighted by atomic mass is 19.1. The number of nitrogens with zero attached hydrogens (tertiary/aromatic N) is 2. The number of rotatable bonds is 3. The minimum absolute atomic E-state index is 0.0419. The Hall–Kier alpha value is -3.27. The van der Waals surface area contributed by atoms with Crippen LogP contribution in [0.3, 0.4) is 0 Å². The molecule has 10 heteroatoms. The van der Waals surface area contributed by atoms with E-state index in [4.69, 9.17) is 4.74 Å². The summed E-state index contributed by atoms with van der Waals surface area (Å²) in [5.41, 5.74) is -1.38. The van der Waals surface area contributed by atoms with Gasteiger partial charge in [0.1, 0.15) is 17.2 Å². The van der Waals surface area contributed by atoms with Crippen LogP contribution in [0.5, 0.6) is 5.75 Å². The molecule has 1 saturated heterocycles. The van der Waals surface area contributed by atoms with Crippen LogP contribution in [0.4, 0.5) is 8.78 Å². The SMILES string of the molecule is O=C(NCc1ccc(F)cc1F)c1cn2c(c(O)c1=O)C(=O)N1C(C2)OC2CC23C2CC2[C@H]13. The lowest BCUT2D eigenvalue weighted by Gasteiger charge is -2.53. The Kier molecular flexibility index (Phi) is 3.49. The molecule has 170 valence electrons. The Bertz CT molecular complexity index is 1340. The maximum atomic E-state index is 13.8. The number of aromatic nitrogens is 1. The highest BCUT2D eigenvalue weighted by Crippen LogP contribution is 2.81. The monoisotopic (exact) mass is 455 g/mol. The molecule has 1 spiro atoms. The maximum Gasteiger partial charge on any atom is 0.276 e. The molecule has 2 aliphatic heterocycles. The van der Waals surface area contributed by atoms with Crippen LogP contribution in [0.2, 0.25) is 0 Å². The van der Waals surface area contributed by atoms with Gasteiger partial charge in [0.15, 0.2) is 17.7 Å². The average molecular weight is 455 g/mol. The average Bonchev–Trinajstić information content (AvgIpc) is 3.66. The van der Waals surface area contributed by atoms with E-state index >= 15 is 0 Å². The molecule has 2 amide bonds. The number of aromatic hydroxyl groups is 1. The number of hydrogen-bond acceptors (Lipinski definition) is 5. The molecule has 8 nitrogen and oxygen atoms in total. The van der Waals surface area contributed by atoms with Crippen molar-refractivity contribution in [1.29, 1.82) is 0 Å². The van der Waals surface area contributed by atoms with E-state index in [1.165, 1.54) is 16.8 Å². The van der Waals surface area contributed by atoms with Crippen LogP contribution in [0.25, 0.3) is 0 Å². The number of carbonyl (C=O) groups excluding carboxylic acids is 2. The quantitative estimate of drug-likeness (QED) is 0.728. The van der Waals surface area contributed by atoms with Crippen LogP contribution in [-0.4, -0.2) is 44.8 Å². The molecule has 7 rings (SSSR count). The van der Waals surface area contributed by atoms with Gasteiger partial charge in [-0.15, -0.1) is 0 Å². The minimum Gasteiger partial charge on any atom is -0.503 e. The molecule has 3 heterocycles. The number of carbonyl (C=O) groups is 2. The first-order valence-electron chi connectivity index (χ1n) is 11.0. The first-order chi connectivity index (χ1) is 15.8. The number of halogens is 2. The van der Waals surface area contributed by atoms with Crippen LogP contribution in [0.15, 0.2) is 29.2 Å². The van der Waals surface area contributed by atoms with Crippen LogP contribution in [0.1, 0.15) is 39.3 Å². The zero-order valence-corrected chi connectivity index (χ0v) is 17.3. The highest BCUT2D eigenvalue weighted by Gasteiger charge is 2.85. The van der Waals surface area contributed by atoms with Crippen molar-refractivity contribution in [2.24, 2.45) is 17.3 Å². The number of fused-ring (bicyclic) bond motifs is 5. The summed E-state index contributed by atoms with van der Waals surface area (Å²) in [4.78, 5) is 40.5. The van der Waals surface area contributed by atoms with Gasteiger partial charge in [0.25, 0.3) is 11.8 Å². The highest BCUT2D eigenvalue weighted by molar-refractivity contribution is 5.99. The first-order valence-corrected chi connectivity index (χ1v) is 11.0. The summed E-state index contributed by atoms with van der Waals surface area (Å²) in [6.45, 7) is -0.0818. The fraction of sp³-hybridized carbons (Fsp3) is 0.435. The molecule has 33 heavy (non-hydrogen) atoms. The predicted octanol–water partition coefficient (Wildman–Crippen LogP) is 1.35. The molecule has 1 aromatic heterocycles. The molecule has 4 fully saturated rings. The van der Waals surface area contributed by atoms with Gasteiger partial charge in [-0.1, -0.05) is 6.07 Å². The maximum absolute atomic E-state index is 13.8. The third-order valence-corrected chi connectivity index (χ3v) is 8.14. The van der Waals surface area contributed by atoms with Crippen molar-refractivity contribution in [1.82, 2.24) is 14.8 Å². The molecule has 6 atom stereocenters. The molecule has 0 radical (unpaired) electrons. The van der Waals surface area contributed by atoms with Crippen molar-refractivity contribution in [3.8, 4) is 5.75 Å². The zero-order valence-electron chi connectivity index (χ0n) is 17.3. The first kappa shape index (κ1) is 19.2. The Morgan fingerprint density at radius 3 is 2.91 bits per heavy atom. The van der Waals surface area contributed by atoms with E-state index in [-0.39, 0.29) is 47.5 Å². The molecule has 0 bridgehead atoms. The summed E-state index contributed by atoms with van der Waals surface area (Å²) >= 11 is 0. The van der Waals surface area contributed by atoms with Crippen molar-refractivity contribution in [3.05, 3.63) is 63.1 Å². The van der Waals surface area contributed by atoms with Gasteiger partial charge < -0.3 is 24.6 Å². The second-order valence-corrected chi connectivity index (χ2v) is 9.70. The van der Waals surface area contributed by atoms with E-state index < -0.39 is 40.9 Å². The van der Waals surface area contributed by atoms with Crippen LogP contribution in [-0.2, 0) is 17.8 Å². The fourth-order valence-corrected chi connectivity index (χ4v) is 6.51. The smallest absolute Gasteiger partial charge is 0.276 e. The Morgan fingerprint density at radius 2 is 2.12 bits per heavy atom. The molecule has 2 aromatic rings. The van der Waals surface area contributed by atoms with Gasteiger partial charge in [-0.2, -0.15) is 0 Å². The number of hydrogen-bond donors (Lipinski definition) is 2. The Labute approximate surface area is 185 Å². The molecule has 2 N–H and O–H groups in total. The van der Waals surface area contributed by atoms with E-state index in [0.29, 0.717) is 17.9 Å². The van der Waals surface area contributed by atoms with Crippen molar-refractivity contribution in [2.45, 2.75) is 44.3 Å². The molecule has 5 unspecified atom stereocenters. The zero-order chi connectivity index (χ0) is 22.8. The lowest BCUT2D eigenvalue weighted by molar-refractivity contribution is -0.174. The molecular formula is C23H19F2N3O5. The standard InChI is InChI=1S/C23H19F2N3O5/c24-10-2-1-9(14(25)3-10)6-26-21(31)12-7-27-8-16-28(22(32)17(27)19(30)18(12)29)20-11-4-13(11)23(20)5-15(23)33-16/h1-3,7,11,13,15-16,20,30H,4-6,8H2,(H,26,31)/t11?,13?,15?,16?,20-,23?/m0/s1. The summed E-state index contributed by atoms with van der Waals surface area (Å²) in [7, 11) is 0. The van der Waals surface area contributed by atoms with Gasteiger partial charge in [0.2, 0.25) is 5.43 Å². The number of benzene rings is 1. The van der Waals surface area contributed by atoms with E-state index in [2.05, 4.69) is 5.32 Å². The summed E-state index contributed by atoms with van der Waals surface area (Å²) in [5, 5.41) is 13.0. The largest absolute Gasteiger partial charge is 0.503 e. The van der Waals surface area contributed by atoms with Crippen LogP contribution in [0, 0.1) is 28.9 Å². The fourth-order valence-electron chi connectivity index (χ4n) is 6.51. The third kappa shape index (κ3) is 2.34. The number of pyridine rings is 1. The van der Waals surface area contributed by atoms with E-state index in [1.807, 2.05) is 0 Å². The number of ether oxygens (including phenoxy) is 1. The summed E-state index contributed by atoms with van der Waals surface area (Å²) in [6.07, 6.45) is 2.90. The number of amides is 2. The second kappa shape index (κ2) is 5.99. The second-order valence-electron chi connectivity index (χ2n) is 9.70. The van der Waals surface area contributed by atoms with Crippen molar-refractivity contribution in [3.63, 3.8) is 0 Å². The minimum atomic E-state index is -0.972. The molecule has 3 saturated carbocycles.